The number of nitrogens with one attached hydrogen (secondary N) is 1. The fraction of sp³-hybridized carbons (Fsp3) is 0.0800. The number of carbonyl (C=O) groups is 2. The lowest BCUT2D eigenvalue weighted by molar-refractivity contribution is -0.112. The Balaban J connectivity index is 1.60. The zero-order chi connectivity index (χ0) is 23.7. The number of anilines is 1. The van der Waals surface area contributed by atoms with E-state index in [-0.39, 0.29) is 11.4 Å². The third kappa shape index (κ3) is 4.55. The van der Waals surface area contributed by atoms with Crippen molar-refractivity contribution in [2.24, 2.45) is 0 Å². The molecule has 1 N–H and O–H groups in total. The minimum absolute atomic E-state index is 0.102. The second-order valence-corrected chi connectivity index (χ2v) is 7.42. The summed E-state index contributed by atoms with van der Waals surface area (Å²) in [6.45, 7) is 3.86. The molecule has 0 aliphatic rings. The lowest BCUT2D eigenvalue weighted by atomic mass is 10.1. The quantitative estimate of drug-likeness (QED) is 0.304. The molecule has 1 aromatic heterocycles. The third-order valence-electron chi connectivity index (χ3n) is 5.10. The maximum atomic E-state index is 14.7. The van der Waals surface area contributed by atoms with Crippen LogP contribution in [0.25, 0.3) is 10.9 Å². The molecule has 0 saturated heterocycles. The van der Waals surface area contributed by atoms with Gasteiger partial charge in [0.2, 0.25) is 0 Å². The lowest BCUT2D eigenvalue weighted by Crippen LogP contribution is -2.25. The minimum atomic E-state index is -1.42. The summed E-state index contributed by atoms with van der Waals surface area (Å²) >= 11 is 0. The molecule has 5 nitrogen and oxygen atoms in total. The number of aryl methyl sites for hydroxylation is 2. The number of pyridine rings is 1. The molecule has 0 radical (unpaired) electrons. The molecule has 0 saturated carbocycles. The molecule has 0 aliphatic carbocycles. The van der Waals surface area contributed by atoms with Gasteiger partial charge in [-0.25, -0.2) is 13.2 Å². The van der Waals surface area contributed by atoms with Crippen molar-refractivity contribution < 1.29 is 27.5 Å². The number of aromatic nitrogens is 1. The van der Waals surface area contributed by atoms with Gasteiger partial charge in [0.25, 0.3) is 11.7 Å². The molecule has 0 spiro atoms. The molecular weight excluding hydrogens is 433 g/mol. The van der Waals surface area contributed by atoms with E-state index in [0.29, 0.717) is 16.7 Å². The van der Waals surface area contributed by atoms with Gasteiger partial charge in [0.15, 0.2) is 0 Å². The molecule has 4 rings (SSSR count). The summed E-state index contributed by atoms with van der Waals surface area (Å²) in [6, 6.07) is 11.5. The van der Waals surface area contributed by atoms with E-state index in [4.69, 9.17) is 4.74 Å². The van der Waals surface area contributed by atoms with E-state index >= 15 is 0 Å². The van der Waals surface area contributed by atoms with Crippen LogP contribution in [0, 0.1) is 31.3 Å². The molecule has 33 heavy (non-hydrogen) atoms. The fourth-order valence-electron chi connectivity index (χ4n) is 3.26. The molecule has 0 atom stereocenters. The molecule has 1 heterocycles. The van der Waals surface area contributed by atoms with Crippen LogP contribution in [-0.2, 0) is 4.79 Å². The van der Waals surface area contributed by atoms with Gasteiger partial charge in [0.1, 0.15) is 29.0 Å². The van der Waals surface area contributed by atoms with E-state index in [2.05, 4.69) is 10.3 Å². The highest BCUT2D eigenvalue weighted by atomic mass is 19.1. The standard InChI is InChI=1S/C25H17F3N2O3/c1-13-9-18-21(10-14(13)2)29-8-7-22(18)33-17-11-19(27)23(20(28)12-17)24(31)25(32)30-16-5-3-15(26)4-6-16/h3-12H,1-2H3,(H,30,32). The molecular formula is C25H17F3N2O3. The SMILES string of the molecule is Cc1cc2nccc(Oc3cc(F)c(C(=O)C(=O)Nc4ccc(F)cc4)c(F)c3)c2cc1C. The number of fused-ring (bicyclic) bond motifs is 1. The van der Waals surface area contributed by atoms with Crippen LogP contribution in [-0.4, -0.2) is 16.7 Å². The van der Waals surface area contributed by atoms with Crippen molar-refractivity contribution in [2.45, 2.75) is 13.8 Å². The van der Waals surface area contributed by atoms with Gasteiger partial charge in [-0.1, -0.05) is 0 Å². The summed E-state index contributed by atoms with van der Waals surface area (Å²) in [5.41, 5.74) is 1.76. The van der Waals surface area contributed by atoms with Crippen molar-refractivity contribution in [1.82, 2.24) is 4.98 Å². The Hall–Kier alpha value is -4.20. The zero-order valence-electron chi connectivity index (χ0n) is 17.6. The summed E-state index contributed by atoms with van der Waals surface area (Å²) in [5.74, 6) is -5.59. The summed E-state index contributed by atoms with van der Waals surface area (Å²) in [6.07, 6.45) is 1.51. The summed E-state index contributed by atoms with van der Waals surface area (Å²) in [5, 5.41) is 2.83. The normalized spacial score (nSPS) is 10.8. The zero-order valence-corrected chi connectivity index (χ0v) is 17.6. The van der Waals surface area contributed by atoms with Gasteiger partial charge in [0.05, 0.1) is 11.1 Å². The number of hydrogen-bond acceptors (Lipinski definition) is 4. The van der Waals surface area contributed by atoms with Gasteiger partial charge in [0, 0.05) is 29.4 Å². The van der Waals surface area contributed by atoms with E-state index in [1.807, 2.05) is 26.0 Å². The summed E-state index contributed by atoms with van der Waals surface area (Å²) in [7, 11) is 0. The molecule has 1 amide bonds. The first-order valence-electron chi connectivity index (χ1n) is 9.87. The average molecular weight is 450 g/mol. The predicted octanol–water partition coefficient (Wildman–Crippen LogP) is 5.88. The van der Waals surface area contributed by atoms with E-state index in [1.54, 1.807) is 6.07 Å². The van der Waals surface area contributed by atoms with Crippen molar-refractivity contribution in [3.63, 3.8) is 0 Å². The van der Waals surface area contributed by atoms with Gasteiger partial charge < -0.3 is 10.1 Å². The van der Waals surface area contributed by atoms with Crippen molar-refractivity contribution in [1.29, 1.82) is 0 Å². The molecule has 166 valence electrons. The second-order valence-electron chi connectivity index (χ2n) is 7.42. The highest BCUT2D eigenvalue weighted by molar-refractivity contribution is 6.46. The van der Waals surface area contributed by atoms with E-state index in [1.165, 1.54) is 18.3 Å². The van der Waals surface area contributed by atoms with Crippen LogP contribution in [0.4, 0.5) is 18.9 Å². The number of rotatable bonds is 5. The Morgan fingerprint density at radius 1 is 0.879 bits per heavy atom. The van der Waals surface area contributed by atoms with Crippen LogP contribution in [0.3, 0.4) is 0 Å². The Morgan fingerprint density at radius 2 is 1.52 bits per heavy atom. The highest BCUT2D eigenvalue weighted by Gasteiger charge is 2.25. The first kappa shape index (κ1) is 22.0. The average Bonchev–Trinajstić information content (AvgIpc) is 2.76. The largest absolute Gasteiger partial charge is 0.456 e. The topological polar surface area (TPSA) is 68.3 Å². The number of nitrogens with zero attached hydrogens (tertiary/aromatic N) is 1. The Bertz CT molecular complexity index is 1380. The van der Waals surface area contributed by atoms with Crippen molar-refractivity contribution in [3.8, 4) is 11.5 Å². The van der Waals surface area contributed by atoms with Crippen molar-refractivity contribution >= 4 is 28.3 Å². The molecule has 4 aromatic rings. The molecule has 8 heteroatoms. The van der Waals surface area contributed by atoms with Gasteiger partial charge in [-0.15, -0.1) is 0 Å². The fourth-order valence-corrected chi connectivity index (χ4v) is 3.26. The predicted molar refractivity (Wildman–Crippen MR) is 117 cm³/mol. The van der Waals surface area contributed by atoms with Crippen molar-refractivity contribution in [2.75, 3.05) is 5.32 Å². The number of halogens is 3. The minimum Gasteiger partial charge on any atom is -0.456 e. The van der Waals surface area contributed by atoms with E-state index in [9.17, 15) is 22.8 Å². The molecule has 0 fully saturated rings. The Labute approximate surface area is 186 Å². The molecule has 0 bridgehead atoms. The third-order valence-corrected chi connectivity index (χ3v) is 5.10. The number of Topliss-reactive ketones (excluding diaryl/α,β-unsaturated/α-hetero) is 1. The first-order chi connectivity index (χ1) is 15.7. The highest BCUT2D eigenvalue weighted by Crippen LogP contribution is 2.32. The first-order valence-corrected chi connectivity index (χ1v) is 9.87. The van der Waals surface area contributed by atoms with Crippen LogP contribution in [0.15, 0.2) is 60.8 Å². The Morgan fingerprint density at radius 3 is 2.18 bits per heavy atom. The summed E-state index contributed by atoms with van der Waals surface area (Å²) in [4.78, 5) is 28.8. The van der Waals surface area contributed by atoms with E-state index < -0.39 is 34.7 Å². The number of ether oxygens (including phenoxy) is 1. The second kappa shape index (κ2) is 8.74. The van der Waals surface area contributed by atoms with Gasteiger partial charge in [-0.05, 0) is 67.4 Å². The number of amides is 1. The monoisotopic (exact) mass is 450 g/mol. The number of benzene rings is 3. The Kier molecular flexibility index (Phi) is 5.83. The number of ketones is 1. The van der Waals surface area contributed by atoms with Gasteiger partial charge >= 0.3 is 0 Å². The van der Waals surface area contributed by atoms with Crippen LogP contribution in [0.5, 0.6) is 11.5 Å². The maximum absolute atomic E-state index is 14.7. The van der Waals surface area contributed by atoms with Crippen molar-refractivity contribution in [3.05, 3.63) is 94.9 Å². The van der Waals surface area contributed by atoms with E-state index in [0.717, 1.165) is 35.4 Å². The van der Waals surface area contributed by atoms with Crippen LogP contribution < -0.4 is 10.1 Å². The van der Waals surface area contributed by atoms with Crippen LogP contribution in [0.2, 0.25) is 0 Å². The smallest absolute Gasteiger partial charge is 0.296 e. The number of carbonyl (C=O) groups excluding carboxylic acids is 2. The van der Waals surface area contributed by atoms with Crippen LogP contribution >= 0.6 is 0 Å². The van der Waals surface area contributed by atoms with Crippen LogP contribution in [0.1, 0.15) is 21.5 Å². The molecule has 0 unspecified atom stereocenters. The maximum Gasteiger partial charge on any atom is 0.296 e. The lowest BCUT2D eigenvalue weighted by Gasteiger charge is -2.12. The number of hydrogen-bond donors (Lipinski definition) is 1. The van der Waals surface area contributed by atoms with Gasteiger partial charge in [-0.3, -0.25) is 14.6 Å². The molecule has 3 aromatic carbocycles. The molecule has 0 aliphatic heterocycles. The van der Waals surface area contributed by atoms with Gasteiger partial charge in [-0.2, -0.15) is 0 Å². The summed E-state index contributed by atoms with van der Waals surface area (Å²) < 4.78 is 48.0.